The summed E-state index contributed by atoms with van der Waals surface area (Å²) in [5.74, 6) is -0.210. The summed E-state index contributed by atoms with van der Waals surface area (Å²) < 4.78 is 13.4. The van der Waals surface area contributed by atoms with Gasteiger partial charge < -0.3 is 35.4 Å². The van der Waals surface area contributed by atoms with Gasteiger partial charge in [0.2, 0.25) is 23.6 Å². The molecular weight excluding hydrogens is 914 g/mol. The van der Waals surface area contributed by atoms with Gasteiger partial charge in [-0.25, -0.2) is 4.98 Å². The number of thiophene rings is 1. The van der Waals surface area contributed by atoms with Crippen LogP contribution in [0.25, 0.3) is 15.4 Å². The van der Waals surface area contributed by atoms with Crippen LogP contribution in [0.1, 0.15) is 90.5 Å². The number of fused-ring (bicyclic) bond motifs is 3. The molecular formula is C48H58ClN9O7S2. The van der Waals surface area contributed by atoms with Crippen molar-refractivity contribution in [2.45, 2.75) is 98.5 Å². The van der Waals surface area contributed by atoms with Gasteiger partial charge in [-0.3, -0.25) is 28.7 Å². The third kappa shape index (κ3) is 11.8. The molecule has 19 heteroatoms. The van der Waals surface area contributed by atoms with Crippen LogP contribution in [0, 0.1) is 33.1 Å². The van der Waals surface area contributed by atoms with Gasteiger partial charge in [0, 0.05) is 60.3 Å². The molecule has 2 aliphatic rings. The van der Waals surface area contributed by atoms with E-state index in [1.54, 1.807) is 22.7 Å². The summed E-state index contributed by atoms with van der Waals surface area (Å²) in [6, 6.07) is 12.9. The van der Waals surface area contributed by atoms with E-state index in [4.69, 9.17) is 26.1 Å². The number of aliphatic hydroxyl groups excluding tert-OH is 1. The van der Waals surface area contributed by atoms with E-state index < -0.39 is 41.5 Å². The van der Waals surface area contributed by atoms with Gasteiger partial charge in [-0.05, 0) is 68.4 Å². The summed E-state index contributed by atoms with van der Waals surface area (Å²) in [7, 11) is 0. The number of halogens is 1. The van der Waals surface area contributed by atoms with Crippen molar-refractivity contribution in [3.63, 3.8) is 0 Å². The average Bonchev–Trinajstić information content (AvgIpc) is 4.06. The Balaban J connectivity index is 0.832. The van der Waals surface area contributed by atoms with E-state index >= 15 is 0 Å². The number of hydrogen-bond acceptors (Lipinski definition) is 13. The van der Waals surface area contributed by atoms with Crippen LogP contribution >= 0.6 is 34.3 Å². The lowest BCUT2D eigenvalue weighted by atomic mass is 9.85. The Labute approximate surface area is 403 Å². The van der Waals surface area contributed by atoms with E-state index in [1.807, 2.05) is 93.2 Å². The Morgan fingerprint density at radius 1 is 0.925 bits per heavy atom. The number of aliphatic imine (C=N–C) groups is 1. The minimum Gasteiger partial charge on any atom is -0.391 e. The van der Waals surface area contributed by atoms with Crippen LogP contribution in [0.3, 0.4) is 0 Å². The van der Waals surface area contributed by atoms with Crippen molar-refractivity contribution >= 4 is 63.6 Å². The van der Waals surface area contributed by atoms with Crippen LogP contribution in [0.15, 0.2) is 59.0 Å². The zero-order chi connectivity index (χ0) is 48.0. The van der Waals surface area contributed by atoms with Crippen LogP contribution in [-0.2, 0) is 35.2 Å². The maximum Gasteiger partial charge on any atom is 0.246 e. The van der Waals surface area contributed by atoms with Gasteiger partial charge in [-0.1, -0.05) is 68.8 Å². The summed E-state index contributed by atoms with van der Waals surface area (Å²) in [6.07, 6.45) is -0.245. The normalized spacial score (nSPS) is 17.3. The summed E-state index contributed by atoms with van der Waals surface area (Å²) in [5.41, 5.74) is 7.76. The SMILES string of the molecule is Cc1ncsc1-c1ccc(CNC(=O)[C@@H]2C[C@@H](O)CN2C(=O)[C@@H](NC(=O)COCCCOCCNC(=O)CC2N=C(c3ccc(Cl)cc3)c3c(sc(C)c3C)-n3c(C)nnc32)C(C)(C)C)cc1. The standard InChI is InChI=1S/C48H58ClN9O7S2/c1-27-29(3)67-47-40(27)41(32-13-15-34(49)16-14-32)53-36(44-56-55-30(4)58(44)47)22-38(60)50-17-20-64-18-8-19-65-25-39(61)54-43(48(5,6)7)46(63)57-24-35(59)21-37(57)45(62)51-23-31-9-11-33(12-10-31)42-28(2)52-26-66-42/h9-16,26,35-37,43,59H,8,17-25H2,1-7H3,(H,50,60)(H,51,62)(H,54,61)/t35-,36?,37+,43-/m1/s1. The molecule has 1 saturated heterocycles. The maximum atomic E-state index is 14.0. The van der Waals surface area contributed by atoms with Gasteiger partial charge in [-0.15, -0.1) is 32.9 Å². The van der Waals surface area contributed by atoms with E-state index in [2.05, 4.69) is 45.0 Å². The first-order valence-electron chi connectivity index (χ1n) is 22.3. The summed E-state index contributed by atoms with van der Waals surface area (Å²) >= 11 is 9.45. The lowest BCUT2D eigenvalue weighted by Crippen LogP contribution is -2.58. The van der Waals surface area contributed by atoms with E-state index in [-0.39, 0.29) is 64.1 Å². The molecule has 0 saturated carbocycles. The van der Waals surface area contributed by atoms with Crippen molar-refractivity contribution in [2.75, 3.05) is 39.5 Å². The highest BCUT2D eigenvalue weighted by molar-refractivity contribution is 7.15. The Kier molecular flexibility index (Phi) is 16.1. The second-order valence-corrected chi connectivity index (χ2v) is 20.4. The molecule has 5 aromatic rings. The van der Waals surface area contributed by atoms with Crippen molar-refractivity contribution in [1.29, 1.82) is 0 Å². The zero-order valence-corrected chi connectivity index (χ0v) is 41.2. The molecule has 0 spiro atoms. The molecule has 2 aliphatic heterocycles. The largest absolute Gasteiger partial charge is 0.391 e. The quantitative estimate of drug-likeness (QED) is 0.0759. The van der Waals surface area contributed by atoms with Crippen LogP contribution in [0.2, 0.25) is 5.02 Å². The number of β-amino-alcohol motifs (C(OH)–C–C–N with tert-alkyl or cyclic N) is 1. The number of carbonyl (C=O) groups excluding carboxylic acids is 4. The molecule has 0 aliphatic carbocycles. The minimum atomic E-state index is -0.977. The number of thiazole rings is 1. The predicted molar refractivity (Wildman–Crippen MR) is 259 cm³/mol. The molecule has 4 N–H and O–H groups in total. The summed E-state index contributed by atoms with van der Waals surface area (Å²) in [5, 5.41) is 29.7. The number of amides is 4. The fourth-order valence-electron chi connectivity index (χ4n) is 8.16. The molecule has 0 bridgehead atoms. The number of likely N-dealkylation sites (tertiary alicyclic amines) is 1. The van der Waals surface area contributed by atoms with E-state index in [1.165, 1.54) is 4.90 Å². The minimum absolute atomic E-state index is 0.0246. The van der Waals surface area contributed by atoms with Crippen molar-refractivity contribution in [3.05, 3.63) is 104 Å². The highest BCUT2D eigenvalue weighted by atomic mass is 35.5. The van der Waals surface area contributed by atoms with Crippen LogP contribution < -0.4 is 16.0 Å². The Hall–Kier alpha value is -5.37. The number of nitrogens with zero attached hydrogens (tertiary/aromatic N) is 6. The molecule has 4 atom stereocenters. The molecule has 3 aromatic heterocycles. The number of aliphatic hydroxyl groups is 1. The highest BCUT2D eigenvalue weighted by Crippen LogP contribution is 2.40. The number of benzene rings is 2. The van der Waals surface area contributed by atoms with Gasteiger partial charge in [0.1, 0.15) is 35.6 Å². The third-order valence-corrected chi connectivity index (χ3v) is 14.2. The lowest BCUT2D eigenvalue weighted by Gasteiger charge is -2.35. The molecule has 1 unspecified atom stereocenters. The highest BCUT2D eigenvalue weighted by Gasteiger charge is 2.44. The van der Waals surface area contributed by atoms with E-state index in [0.717, 1.165) is 54.0 Å². The second-order valence-electron chi connectivity index (χ2n) is 17.9. The van der Waals surface area contributed by atoms with E-state index in [0.29, 0.717) is 29.7 Å². The molecule has 4 amide bonds. The lowest BCUT2D eigenvalue weighted by molar-refractivity contribution is -0.144. The molecule has 356 valence electrons. The second kappa shape index (κ2) is 21.7. The van der Waals surface area contributed by atoms with Crippen LogP contribution in [-0.4, -0.2) is 117 Å². The molecule has 2 aromatic carbocycles. The number of aromatic nitrogens is 4. The number of rotatable bonds is 18. The number of aryl methyl sites for hydroxylation is 3. The van der Waals surface area contributed by atoms with Crippen molar-refractivity contribution in [3.8, 4) is 15.4 Å². The van der Waals surface area contributed by atoms with Crippen molar-refractivity contribution < 1.29 is 33.8 Å². The molecule has 5 heterocycles. The first kappa shape index (κ1) is 49.5. The van der Waals surface area contributed by atoms with E-state index in [9.17, 15) is 24.3 Å². The van der Waals surface area contributed by atoms with Gasteiger partial charge in [0.25, 0.3) is 0 Å². The fourth-order valence-corrected chi connectivity index (χ4v) is 10.3. The topological polar surface area (TPSA) is 202 Å². The Morgan fingerprint density at radius 3 is 2.34 bits per heavy atom. The third-order valence-electron chi connectivity index (χ3n) is 11.8. The molecule has 1 fully saturated rings. The predicted octanol–water partition coefficient (Wildman–Crippen LogP) is 5.97. The first-order chi connectivity index (χ1) is 32.0. The number of hydrogen-bond donors (Lipinski definition) is 4. The fraction of sp³-hybridized carbons (Fsp3) is 0.458. The molecule has 0 radical (unpaired) electrons. The van der Waals surface area contributed by atoms with Gasteiger partial charge in [0.05, 0.1) is 40.9 Å². The Morgan fingerprint density at radius 2 is 1.64 bits per heavy atom. The molecule has 67 heavy (non-hydrogen) atoms. The van der Waals surface area contributed by atoms with Gasteiger partial charge in [0.15, 0.2) is 5.82 Å². The van der Waals surface area contributed by atoms with Crippen molar-refractivity contribution in [2.24, 2.45) is 10.4 Å². The zero-order valence-electron chi connectivity index (χ0n) is 38.9. The van der Waals surface area contributed by atoms with Gasteiger partial charge in [-0.2, -0.15) is 0 Å². The van der Waals surface area contributed by atoms with Crippen LogP contribution in [0.5, 0.6) is 0 Å². The average molecular weight is 973 g/mol. The monoisotopic (exact) mass is 971 g/mol. The smallest absolute Gasteiger partial charge is 0.246 e. The summed E-state index contributed by atoms with van der Waals surface area (Å²) in [4.78, 5) is 66.9. The van der Waals surface area contributed by atoms with Crippen LogP contribution in [0.4, 0.5) is 0 Å². The number of ether oxygens (including phenoxy) is 2. The molecule has 16 nitrogen and oxygen atoms in total. The van der Waals surface area contributed by atoms with Crippen molar-refractivity contribution in [1.82, 2.24) is 40.6 Å². The first-order valence-corrected chi connectivity index (χ1v) is 24.4. The number of nitrogens with one attached hydrogen (secondary N) is 3. The molecule has 7 rings (SSSR count). The van der Waals surface area contributed by atoms with Gasteiger partial charge >= 0.3 is 0 Å². The summed E-state index contributed by atoms with van der Waals surface area (Å²) in [6.45, 7) is 14.5. The maximum absolute atomic E-state index is 14.0. The number of carbonyl (C=O) groups is 4. The Bertz CT molecular complexity index is 2600.